The van der Waals surface area contributed by atoms with Crippen molar-refractivity contribution in [3.05, 3.63) is 69.9 Å². The summed E-state index contributed by atoms with van der Waals surface area (Å²) >= 11 is 3.33. The molecule has 2 aromatic rings. The minimum absolute atomic E-state index is 0.200. The van der Waals surface area contributed by atoms with Crippen molar-refractivity contribution in [2.45, 2.75) is 18.6 Å². The molecule has 0 saturated carbocycles. The maximum absolute atomic E-state index is 14.1. The van der Waals surface area contributed by atoms with Crippen LogP contribution >= 0.6 is 15.9 Å². The van der Waals surface area contributed by atoms with Gasteiger partial charge in [0.25, 0.3) is 5.91 Å². The Hall–Kier alpha value is -1.72. The number of hydrogen-bond donors (Lipinski definition) is 1. The van der Waals surface area contributed by atoms with E-state index in [1.807, 2.05) is 30.3 Å². The summed E-state index contributed by atoms with van der Waals surface area (Å²) in [5.41, 5.74) is 0.300. The van der Waals surface area contributed by atoms with Crippen LogP contribution in [-0.4, -0.2) is 12.5 Å². The molecular formula is C17H15BrFNO2. The second-order valence-corrected chi connectivity index (χ2v) is 6.46. The number of ether oxygens (including phenoxy) is 1. The lowest BCUT2D eigenvalue weighted by Crippen LogP contribution is -2.54. The van der Waals surface area contributed by atoms with Gasteiger partial charge in [-0.05, 0) is 30.7 Å². The standard InChI is InChI=1S/C17H15BrFNO2/c1-17(13-9-12(18)7-8-14(13)19)10-22-15(16(21)20-17)11-5-3-2-4-6-11/h2-9,15H,10H2,1H3,(H,20,21). The summed E-state index contributed by atoms with van der Waals surface area (Å²) in [6, 6.07) is 13.9. The normalized spacial score (nSPS) is 24.9. The average molecular weight is 364 g/mol. The molecule has 114 valence electrons. The summed E-state index contributed by atoms with van der Waals surface area (Å²) in [7, 11) is 0. The second-order valence-electron chi connectivity index (χ2n) is 5.55. The van der Waals surface area contributed by atoms with Gasteiger partial charge in [-0.2, -0.15) is 0 Å². The molecule has 1 N–H and O–H groups in total. The van der Waals surface area contributed by atoms with E-state index in [4.69, 9.17) is 4.74 Å². The van der Waals surface area contributed by atoms with Crippen LogP contribution in [0.4, 0.5) is 4.39 Å². The molecule has 0 aliphatic carbocycles. The van der Waals surface area contributed by atoms with E-state index in [9.17, 15) is 9.18 Å². The van der Waals surface area contributed by atoms with Gasteiger partial charge in [-0.25, -0.2) is 4.39 Å². The number of carbonyl (C=O) groups excluding carboxylic acids is 1. The van der Waals surface area contributed by atoms with Gasteiger partial charge in [-0.1, -0.05) is 46.3 Å². The minimum atomic E-state index is -0.893. The van der Waals surface area contributed by atoms with Crippen molar-refractivity contribution in [1.82, 2.24) is 5.32 Å². The molecule has 1 fully saturated rings. The van der Waals surface area contributed by atoms with Crippen molar-refractivity contribution in [3.8, 4) is 0 Å². The van der Waals surface area contributed by atoms with Crippen LogP contribution < -0.4 is 5.32 Å². The molecule has 0 aromatic heterocycles. The van der Waals surface area contributed by atoms with Crippen LogP contribution in [0, 0.1) is 5.82 Å². The zero-order valence-corrected chi connectivity index (χ0v) is 13.6. The smallest absolute Gasteiger partial charge is 0.254 e. The molecular weight excluding hydrogens is 349 g/mol. The maximum atomic E-state index is 14.1. The van der Waals surface area contributed by atoms with E-state index in [1.165, 1.54) is 6.07 Å². The number of nitrogens with one attached hydrogen (secondary N) is 1. The summed E-state index contributed by atoms with van der Waals surface area (Å²) in [5.74, 6) is -0.632. The van der Waals surface area contributed by atoms with Crippen molar-refractivity contribution in [2.24, 2.45) is 0 Å². The molecule has 5 heteroatoms. The highest BCUT2D eigenvalue weighted by atomic mass is 79.9. The van der Waals surface area contributed by atoms with E-state index in [-0.39, 0.29) is 18.3 Å². The van der Waals surface area contributed by atoms with Gasteiger partial charge in [0.2, 0.25) is 0 Å². The zero-order valence-electron chi connectivity index (χ0n) is 12.0. The fourth-order valence-electron chi connectivity index (χ4n) is 2.64. The van der Waals surface area contributed by atoms with Crippen molar-refractivity contribution in [2.75, 3.05) is 6.61 Å². The highest BCUT2D eigenvalue weighted by Gasteiger charge is 2.40. The molecule has 2 atom stereocenters. The molecule has 3 nitrogen and oxygen atoms in total. The summed E-state index contributed by atoms with van der Waals surface area (Å²) in [6.07, 6.45) is -0.663. The molecule has 0 radical (unpaired) electrons. The van der Waals surface area contributed by atoms with Crippen LogP contribution in [0.25, 0.3) is 0 Å². The number of hydrogen-bond acceptors (Lipinski definition) is 2. The minimum Gasteiger partial charge on any atom is -0.361 e. The largest absolute Gasteiger partial charge is 0.361 e. The predicted molar refractivity (Wildman–Crippen MR) is 84.7 cm³/mol. The van der Waals surface area contributed by atoms with Gasteiger partial charge >= 0.3 is 0 Å². The maximum Gasteiger partial charge on any atom is 0.254 e. The first-order chi connectivity index (χ1) is 10.5. The Morgan fingerprint density at radius 1 is 1.27 bits per heavy atom. The van der Waals surface area contributed by atoms with Gasteiger partial charge in [0.15, 0.2) is 6.10 Å². The predicted octanol–water partition coefficient (Wildman–Crippen LogP) is 3.69. The lowest BCUT2D eigenvalue weighted by atomic mass is 9.90. The fraction of sp³-hybridized carbons (Fsp3) is 0.235. The Bertz CT molecular complexity index is 707. The van der Waals surface area contributed by atoms with Crippen molar-refractivity contribution >= 4 is 21.8 Å². The van der Waals surface area contributed by atoms with Crippen molar-refractivity contribution in [3.63, 3.8) is 0 Å². The van der Waals surface area contributed by atoms with E-state index in [0.29, 0.717) is 5.56 Å². The first-order valence-corrected chi connectivity index (χ1v) is 7.73. The first kappa shape index (κ1) is 15.2. The van der Waals surface area contributed by atoms with E-state index in [1.54, 1.807) is 19.1 Å². The van der Waals surface area contributed by atoms with Gasteiger partial charge in [-0.3, -0.25) is 4.79 Å². The van der Waals surface area contributed by atoms with E-state index in [0.717, 1.165) is 10.0 Å². The fourth-order valence-corrected chi connectivity index (χ4v) is 3.00. The lowest BCUT2D eigenvalue weighted by molar-refractivity contribution is -0.146. The summed E-state index contributed by atoms with van der Waals surface area (Å²) in [6.45, 7) is 1.96. The first-order valence-electron chi connectivity index (χ1n) is 6.94. The van der Waals surface area contributed by atoms with Crippen LogP contribution in [0.15, 0.2) is 53.0 Å². The Morgan fingerprint density at radius 2 is 2.00 bits per heavy atom. The SMILES string of the molecule is CC1(c2cc(Br)ccc2F)COC(c2ccccc2)C(=O)N1. The Morgan fingerprint density at radius 3 is 2.68 bits per heavy atom. The Kier molecular flexibility index (Phi) is 4.02. The molecule has 0 spiro atoms. The van der Waals surface area contributed by atoms with E-state index < -0.39 is 11.6 Å². The molecule has 22 heavy (non-hydrogen) atoms. The molecule has 1 aliphatic heterocycles. The summed E-state index contributed by atoms with van der Waals surface area (Å²) in [4.78, 5) is 12.4. The molecule has 1 saturated heterocycles. The van der Waals surface area contributed by atoms with Gasteiger partial charge in [0.05, 0.1) is 12.1 Å². The van der Waals surface area contributed by atoms with Gasteiger partial charge < -0.3 is 10.1 Å². The van der Waals surface area contributed by atoms with Gasteiger partial charge in [0.1, 0.15) is 5.82 Å². The highest BCUT2D eigenvalue weighted by Crippen LogP contribution is 2.33. The van der Waals surface area contributed by atoms with Crippen LogP contribution in [0.3, 0.4) is 0 Å². The second kappa shape index (κ2) is 5.82. The molecule has 1 aliphatic rings. The molecule has 0 bridgehead atoms. The van der Waals surface area contributed by atoms with Crippen molar-refractivity contribution in [1.29, 1.82) is 0 Å². The highest BCUT2D eigenvalue weighted by molar-refractivity contribution is 9.10. The summed E-state index contributed by atoms with van der Waals surface area (Å²) in [5, 5.41) is 2.90. The topological polar surface area (TPSA) is 38.3 Å². The number of halogens is 2. The lowest BCUT2D eigenvalue weighted by Gasteiger charge is -2.38. The van der Waals surface area contributed by atoms with Crippen molar-refractivity contribution < 1.29 is 13.9 Å². The summed E-state index contributed by atoms with van der Waals surface area (Å²) < 4.78 is 20.6. The molecule has 1 heterocycles. The molecule has 2 aromatic carbocycles. The Labute approximate surface area is 136 Å². The third-order valence-electron chi connectivity index (χ3n) is 3.80. The third kappa shape index (κ3) is 2.78. The Balaban J connectivity index is 1.88. The van der Waals surface area contributed by atoms with E-state index >= 15 is 0 Å². The molecule has 3 rings (SSSR count). The number of rotatable bonds is 2. The monoisotopic (exact) mass is 363 g/mol. The number of amides is 1. The quantitative estimate of drug-likeness (QED) is 0.883. The number of benzene rings is 2. The average Bonchev–Trinajstić information content (AvgIpc) is 2.50. The van der Waals surface area contributed by atoms with Gasteiger partial charge in [-0.15, -0.1) is 0 Å². The van der Waals surface area contributed by atoms with Crippen LogP contribution in [0.5, 0.6) is 0 Å². The number of carbonyl (C=O) groups is 1. The van der Waals surface area contributed by atoms with Crippen LogP contribution in [0.2, 0.25) is 0 Å². The van der Waals surface area contributed by atoms with E-state index in [2.05, 4.69) is 21.2 Å². The third-order valence-corrected chi connectivity index (χ3v) is 4.29. The number of morpholine rings is 1. The van der Waals surface area contributed by atoms with Crippen LogP contribution in [0.1, 0.15) is 24.2 Å². The molecule has 1 amide bonds. The van der Waals surface area contributed by atoms with Gasteiger partial charge in [0, 0.05) is 10.0 Å². The molecule has 2 unspecified atom stereocenters. The van der Waals surface area contributed by atoms with Crippen LogP contribution in [-0.2, 0) is 15.1 Å². The zero-order chi connectivity index (χ0) is 15.7.